The highest BCUT2D eigenvalue weighted by Crippen LogP contribution is 2.29. The van der Waals surface area contributed by atoms with Crippen molar-refractivity contribution in [3.63, 3.8) is 0 Å². The van der Waals surface area contributed by atoms with E-state index in [1.54, 1.807) is 23.1 Å². The van der Waals surface area contributed by atoms with Crippen LogP contribution in [0, 0.1) is 5.92 Å². The average molecular weight is 349 g/mol. The van der Waals surface area contributed by atoms with Crippen molar-refractivity contribution >= 4 is 39.0 Å². The Bertz CT molecular complexity index is 501. The van der Waals surface area contributed by atoms with Crippen LogP contribution in [-0.2, 0) is 5.75 Å². The summed E-state index contributed by atoms with van der Waals surface area (Å²) in [6.45, 7) is 2.22. The Morgan fingerprint density at radius 1 is 1.56 bits per heavy atom. The van der Waals surface area contributed by atoms with Crippen molar-refractivity contribution in [2.24, 2.45) is 5.92 Å². The zero-order valence-corrected chi connectivity index (χ0v) is 13.0. The first kappa shape index (κ1) is 14.0. The molecule has 0 aromatic carbocycles. The van der Waals surface area contributed by atoms with E-state index in [1.165, 1.54) is 0 Å². The second kappa shape index (κ2) is 6.70. The molecule has 0 bridgehead atoms. The number of thiophene rings is 1. The average Bonchev–Trinajstić information content (AvgIpc) is 2.97. The number of thioether (sulfide) groups is 1. The molecule has 2 aromatic heterocycles. The van der Waals surface area contributed by atoms with Crippen molar-refractivity contribution in [2.75, 3.05) is 12.4 Å². The van der Waals surface area contributed by atoms with Crippen LogP contribution in [0.5, 0.6) is 0 Å². The summed E-state index contributed by atoms with van der Waals surface area (Å²) in [5, 5.41) is 12.9. The van der Waals surface area contributed by atoms with Gasteiger partial charge in [-0.2, -0.15) is 16.7 Å². The molecule has 2 rings (SSSR count). The van der Waals surface area contributed by atoms with Gasteiger partial charge in [-0.25, -0.2) is 0 Å². The summed E-state index contributed by atoms with van der Waals surface area (Å²) in [6, 6.07) is 3.93. The molecule has 1 N–H and O–H groups in total. The van der Waals surface area contributed by atoms with Gasteiger partial charge in [-0.15, -0.1) is 11.3 Å². The van der Waals surface area contributed by atoms with Gasteiger partial charge in [0.15, 0.2) is 0 Å². The van der Waals surface area contributed by atoms with E-state index >= 15 is 0 Å². The summed E-state index contributed by atoms with van der Waals surface area (Å²) in [6.07, 6.45) is 0. The van der Waals surface area contributed by atoms with Gasteiger partial charge < -0.3 is 9.63 Å². The number of hydrogen-bond acceptors (Lipinski definition) is 6. The van der Waals surface area contributed by atoms with Gasteiger partial charge in [-0.05, 0) is 39.7 Å². The van der Waals surface area contributed by atoms with Gasteiger partial charge in [0.05, 0.1) is 14.4 Å². The molecular weight excluding hydrogens is 336 g/mol. The van der Waals surface area contributed by atoms with Gasteiger partial charge in [0.25, 0.3) is 0 Å². The predicted molar refractivity (Wildman–Crippen MR) is 77.7 cm³/mol. The normalized spacial score (nSPS) is 12.8. The van der Waals surface area contributed by atoms with Crippen LogP contribution in [0.3, 0.4) is 0 Å². The van der Waals surface area contributed by atoms with E-state index in [4.69, 9.17) is 9.63 Å². The smallest absolute Gasteiger partial charge is 0.236 e. The Balaban J connectivity index is 1.90. The van der Waals surface area contributed by atoms with Gasteiger partial charge in [0.1, 0.15) is 0 Å². The molecule has 4 nitrogen and oxygen atoms in total. The summed E-state index contributed by atoms with van der Waals surface area (Å²) < 4.78 is 6.24. The highest BCUT2D eigenvalue weighted by Gasteiger charge is 2.11. The minimum atomic E-state index is 0.214. The maximum absolute atomic E-state index is 8.92. The molecule has 0 aliphatic rings. The van der Waals surface area contributed by atoms with E-state index < -0.39 is 0 Å². The molecule has 0 fully saturated rings. The van der Waals surface area contributed by atoms with Crippen molar-refractivity contribution < 1.29 is 9.63 Å². The Labute approximate surface area is 122 Å². The van der Waals surface area contributed by atoms with E-state index in [9.17, 15) is 0 Å². The minimum Gasteiger partial charge on any atom is -0.396 e. The SMILES string of the molecule is CC(CO)CSCc1nc(-c2ccc(Br)s2)no1. The molecule has 0 aliphatic carbocycles. The van der Waals surface area contributed by atoms with Crippen LogP contribution < -0.4 is 0 Å². The van der Waals surface area contributed by atoms with E-state index in [0.717, 1.165) is 14.4 Å². The first-order valence-electron chi connectivity index (χ1n) is 5.46. The summed E-state index contributed by atoms with van der Waals surface area (Å²) in [5.74, 6) is 3.13. The number of hydrogen-bond donors (Lipinski definition) is 1. The van der Waals surface area contributed by atoms with Gasteiger partial charge in [0.2, 0.25) is 11.7 Å². The van der Waals surface area contributed by atoms with Gasteiger partial charge in [0, 0.05) is 6.61 Å². The Morgan fingerprint density at radius 3 is 3.06 bits per heavy atom. The first-order valence-corrected chi connectivity index (χ1v) is 8.22. The van der Waals surface area contributed by atoms with Crippen LogP contribution in [0.4, 0.5) is 0 Å². The van der Waals surface area contributed by atoms with E-state index in [0.29, 0.717) is 23.4 Å². The van der Waals surface area contributed by atoms with Gasteiger partial charge >= 0.3 is 0 Å². The van der Waals surface area contributed by atoms with Gasteiger partial charge in [-0.3, -0.25) is 0 Å². The van der Waals surface area contributed by atoms with Crippen molar-refractivity contribution in [3.8, 4) is 10.7 Å². The maximum atomic E-state index is 8.92. The number of aliphatic hydroxyl groups is 1. The topological polar surface area (TPSA) is 59.2 Å². The molecule has 1 unspecified atom stereocenters. The molecular formula is C11H13BrN2O2S2. The molecule has 2 heterocycles. The molecule has 0 amide bonds. The number of nitrogens with zero attached hydrogens (tertiary/aromatic N) is 2. The van der Waals surface area contributed by atoms with Crippen molar-refractivity contribution in [1.82, 2.24) is 10.1 Å². The lowest BCUT2D eigenvalue weighted by molar-refractivity contribution is 0.250. The molecule has 98 valence electrons. The molecule has 0 saturated carbocycles. The Morgan fingerprint density at radius 2 is 2.39 bits per heavy atom. The van der Waals surface area contributed by atoms with Crippen molar-refractivity contribution in [2.45, 2.75) is 12.7 Å². The third-order valence-electron chi connectivity index (χ3n) is 2.20. The number of aliphatic hydroxyl groups excluding tert-OH is 1. The number of aromatic nitrogens is 2. The van der Waals surface area contributed by atoms with Crippen molar-refractivity contribution in [3.05, 3.63) is 21.8 Å². The zero-order valence-electron chi connectivity index (χ0n) is 9.80. The second-order valence-electron chi connectivity index (χ2n) is 3.92. The third kappa shape index (κ3) is 3.81. The molecule has 7 heteroatoms. The Hall–Kier alpha value is -0.370. The highest BCUT2D eigenvalue weighted by atomic mass is 79.9. The van der Waals surface area contributed by atoms with Gasteiger partial charge in [-0.1, -0.05) is 12.1 Å². The van der Waals surface area contributed by atoms with E-state index in [1.807, 2.05) is 19.1 Å². The lowest BCUT2D eigenvalue weighted by Crippen LogP contribution is -2.03. The standard InChI is InChI=1S/C11H13BrN2O2S2/c1-7(4-15)5-17-6-10-13-11(14-16-10)8-2-3-9(12)18-8/h2-3,7,15H,4-6H2,1H3. The Kier molecular flexibility index (Phi) is 5.23. The predicted octanol–water partition coefficient (Wildman–Crippen LogP) is 3.42. The fourth-order valence-corrected chi connectivity index (χ4v) is 3.48. The zero-order chi connectivity index (χ0) is 13.0. The largest absolute Gasteiger partial charge is 0.396 e. The summed E-state index contributed by atoms with van der Waals surface area (Å²) in [4.78, 5) is 5.34. The molecule has 0 radical (unpaired) electrons. The van der Waals surface area contributed by atoms with Crippen LogP contribution in [0.25, 0.3) is 10.7 Å². The molecule has 0 aliphatic heterocycles. The fraction of sp³-hybridized carbons (Fsp3) is 0.455. The number of halogens is 1. The first-order chi connectivity index (χ1) is 8.69. The highest BCUT2D eigenvalue weighted by molar-refractivity contribution is 9.11. The number of rotatable bonds is 6. The minimum absolute atomic E-state index is 0.214. The van der Waals surface area contributed by atoms with Crippen LogP contribution in [-0.4, -0.2) is 27.6 Å². The van der Waals surface area contributed by atoms with E-state index in [2.05, 4.69) is 26.1 Å². The van der Waals surface area contributed by atoms with Crippen LogP contribution >= 0.6 is 39.0 Å². The van der Waals surface area contributed by atoms with Crippen LogP contribution in [0.15, 0.2) is 20.4 Å². The monoisotopic (exact) mass is 348 g/mol. The third-order valence-corrected chi connectivity index (χ3v) is 5.08. The lowest BCUT2D eigenvalue weighted by atomic mass is 10.2. The molecule has 18 heavy (non-hydrogen) atoms. The summed E-state index contributed by atoms with van der Waals surface area (Å²) in [5.41, 5.74) is 0. The van der Waals surface area contributed by atoms with Crippen LogP contribution in [0.1, 0.15) is 12.8 Å². The second-order valence-corrected chi connectivity index (χ2v) is 7.41. The molecule has 1 atom stereocenters. The maximum Gasteiger partial charge on any atom is 0.236 e. The van der Waals surface area contributed by atoms with Crippen molar-refractivity contribution in [1.29, 1.82) is 0 Å². The van der Waals surface area contributed by atoms with E-state index in [-0.39, 0.29) is 6.61 Å². The molecule has 0 saturated heterocycles. The molecule has 2 aromatic rings. The molecule has 0 spiro atoms. The summed E-state index contributed by atoms with van der Waals surface area (Å²) >= 11 is 6.68. The summed E-state index contributed by atoms with van der Waals surface area (Å²) in [7, 11) is 0. The lowest BCUT2D eigenvalue weighted by Gasteiger charge is -2.04. The quantitative estimate of drug-likeness (QED) is 0.866. The van der Waals surface area contributed by atoms with Crippen LogP contribution in [0.2, 0.25) is 0 Å². The fourth-order valence-electron chi connectivity index (χ4n) is 1.25.